The van der Waals surface area contributed by atoms with E-state index in [0.29, 0.717) is 40.7 Å². The lowest BCUT2D eigenvalue weighted by Gasteiger charge is -2.11. The van der Waals surface area contributed by atoms with Gasteiger partial charge in [-0.3, -0.25) is 0 Å². The van der Waals surface area contributed by atoms with E-state index >= 15 is 0 Å². The first kappa shape index (κ1) is 16.1. The first-order valence-electron chi connectivity index (χ1n) is 7.46. The maximum atomic E-state index is 5.93. The van der Waals surface area contributed by atoms with Crippen LogP contribution in [0.15, 0.2) is 42.5 Å². The third-order valence-corrected chi connectivity index (χ3v) is 3.61. The zero-order valence-electron chi connectivity index (χ0n) is 12.9. The number of rotatable bonds is 6. The predicted octanol–water partition coefficient (Wildman–Crippen LogP) is 3.30. The number of nitrogens with zero attached hydrogens (tertiary/aromatic N) is 2. The normalized spacial score (nSPS) is 10.7. The molecule has 0 aliphatic rings. The van der Waals surface area contributed by atoms with Gasteiger partial charge < -0.3 is 20.9 Å². The van der Waals surface area contributed by atoms with E-state index in [0.717, 1.165) is 12.2 Å². The number of benzene rings is 2. The minimum Gasteiger partial charge on any atom is -0.493 e. The van der Waals surface area contributed by atoms with Gasteiger partial charge in [0, 0.05) is 11.4 Å². The van der Waals surface area contributed by atoms with Crippen LogP contribution in [0.4, 0.5) is 11.8 Å². The van der Waals surface area contributed by atoms with E-state index in [1.807, 2.05) is 30.3 Å². The van der Waals surface area contributed by atoms with Gasteiger partial charge in [-0.15, -0.1) is 0 Å². The van der Waals surface area contributed by atoms with Crippen molar-refractivity contribution in [1.29, 1.82) is 0 Å². The molecule has 0 atom stereocenters. The second-order valence-corrected chi connectivity index (χ2v) is 5.56. The Morgan fingerprint density at radius 1 is 0.917 bits per heavy atom. The van der Waals surface area contributed by atoms with Crippen LogP contribution in [0.5, 0.6) is 11.5 Å². The fourth-order valence-electron chi connectivity index (χ4n) is 2.28. The molecule has 0 spiro atoms. The summed E-state index contributed by atoms with van der Waals surface area (Å²) in [6.45, 7) is 1.02. The van der Waals surface area contributed by atoms with Crippen molar-refractivity contribution in [2.45, 2.75) is 6.42 Å². The third kappa shape index (κ3) is 3.78. The lowest BCUT2D eigenvalue weighted by atomic mass is 10.2. The Kier molecular flexibility index (Phi) is 4.86. The van der Waals surface area contributed by atoms with E-state index in [2.05, 4.69) is 9.97 Å². The number of aromatic nitrogens is 2. The van der Waals surface area contributed by atoms with Gasteiger partial charge in [0.2, 0.25) is 5.95 Å². The van der Waals surface area contributed by atoms with Crippen molar-refractivity contribution in [3.05, 3.63) is 47.5 Å². The van der Waals surface area contributed by atoms with Crippen LogP contribution in [0, 0.1) is 0 Å². The van der Waals surface area contributed by atoms with Gasteiger partial charge >= 0.3 is 0 Å². The second kappa shape index (κ2) is 7.23. The molecule has 0 unspecified atom stereocenters. The molecule has 4 N–H and O–H groups in total. The smallest absolute Gasteiger partial charge is 0.222 e. The Bertz CT molecular complexity index is 840. The van der Waals surface area contributed by atoms with Gasteiger partial charge in [-0.2, -0.15) is 4.98 Å². The molecule has 0 fully saturated rings. The molecule has 7 heteroatoms. The summed E-state index contributed by atoms with van der Waals surface area (Å²) in [6.07, 6.45) is 0.717. The van der Waals surface area contributed by atoms with E-state index < -0.39 is 0 Å². The molecule has 24 heavy (non-hydrogen) atoms. The van der Waals surface area contributed by atoms with E-state index in [1.165, 1.54) is 0 Å². The summed E-state index contributed by atoms with van der Waals surface area (Å²) >= 11 is 5.83. The monoisotopic (exact) mass is 344 g/mol. The van der Waals surface area contributed by atoms with Gasteiger partial charge in [0.25, 0.3) is 0 Å². The van der Waals surface area contributed by atoms with Crippen molar-refractivity contribution < 1.29 is 9.47 Å². The number of nitrogen functional groups attached to an aromatic ring is 2. The molecular weight excluding hydrogens is 328 g/mol. The first-order valence-corrected chi connectivity index (χ1v) is 7.84. The zero-order chi connectivity index (χ0) is 16.9. The highest BCUT2D eigenvalue weighted by Crippen LogP contribution is 2.29. The topological polar surface area (TPSA) is 96.3 Å². The van der Waals surface area contributed by atoms with Crippen molar-refractivity contribution in [2.24, 2.45) is 0 Å². The zero-order valence-corrected chi connectivity index (χ0v) is 13.7. The van der Waals surface area contributed by atoms with E-state index in [4.69, 9.17) is 32.5 Å². The highest BCUT2D eigenvalue weighted by atomic mass is 35.5. The van der Waals surface area contributed by atoms with Crippen LogP contribution < -0.4 is 20.9 Å². The highest BCUT2D eigenvalue weighted by Gasteiger charge is 2.09. The Labute approximate surface area is 144 Å². The molecule has 0 aliphatic heterocycles. The van der Waals surface area contributed by atoms with Crippen LogP contribution in [-0.2, 0) is 0 Å². The molecule has 0 amide bonds. The number of nitrogens with two attached hydrogens (primary N) is 2. The maximum absolute atomic E-state index is 5.93. The van der Waals surface area contributed by atoms with Crippen LogP contribution in [-0.4, -0.2) is 23.2 Å². The quantitative estimate of drug-likeness (QED) is 0.666. The molecule has 0 saturated carbocycles. The molecule has 6 nitrogen and oxygen atoms in total. The van der Waals surface area contributed by atoms with Crippen molar-refractivity contribution in [2.75, 3.05) is 24.7 Å². The summed E-state index contributed by atoms with van der Waals surface area (Å²) in [4.78, 5) is 8.14. The summed E-state index contributed by atoms with van der Waals surface area (Å²) in [5, 5.41) is 1.35. The molecule has 1 heterocycles. The number of hydrogen-bond donors (Lipinski definition) is 2. The molecule has 1 aromatic heterocycles. The third-order valence-electron chi connectivity index (χ3n) is 3.36. The molecule has 0 saturated heterocycles. The summed E-state index contributed by atoms with van der Waals surface area (Å²) < 4.78 is 11.4. The minimum atomic E-state index is 0.147. The van der Waals surface area contributed by atoms with Crippen LogP contribution in [0.3, 0.4) is 0 Å². The van der Waals surface area contributed by atoms with Gasteiger partial charge in [-0.1, -0.05) is 17.7 Å². The summed E-state index contributed by atoms with van der Waals surface area (Å²) in [5.41, 5.74) is 12.2. The molecule has 2 aromatic carbocycles. The Morgan fingerprint density at radius 2 is 1.67 bits per heavy atom. The molecule has 0 aliphatic carbocycles. The number of anilines is 2. The number of fused-ring (bicyclic) bond motifs is 1. The Morgan fingerprint density at radius 3 is 2.46 bits per heavy atom. The van der Waals surface area contributed by atoms with Gasteiger partial charge in [-0.25, -0.2) is 4.98 Å². The van der Waals surface area contributed by atoms with Gasteiger partial charge in [0.05, 0.1) is 24.1 Å². The van der Waals surface area contributed by atoms with Gasteiger partial charge in [-0.05, 0) is 36.4 Å². The maximum Gasteiger partial charge on any atom is 0.222 e. The molecular formula is C17H17ClN4O2. The van der Waals surface area contributed by atoms with Crippen LogP contribution in [0.2, 0.25) is 5.02 Å². The standard InChI is InChI=1S/C17H17ClN4O2/c18-11-5-7-12(8-6-11)23-9-2-10-24-14-4-1-3-13-15(14)16(19)22-17(20)21-13/h1,3-8H,2,9-10H2,(H4,19,20,21,22). The summed E-state index contributed by atoms with van der Waals surface area (Å²) in [6, 6.07) is 12.7. The van der Waals surface area contributed by atoms with E-state index in [-0.39, 0.29) is 5.95 Å². The lowest BCUT2D eigenvalue weighted by molar-refractivity contribution is 0.249. The largest absolute Gasteiger partial charge is 0.493 e. The summed E-state index contributed by atoms with van der Waals surface area (Å²) in [7, 11) is 0. The van der Waals surface area contributed by atoms with E-state index in [1.54, 1.807) is 12.1 Å². The molecule has 0 bridgehead atoms. The van der Waals surface area contributed by atoms with Crippen molar-refractivity contribution in [1.82, 2.24) is 9.97 Å². The SMILES string of the molecule is Nc1nc(N)c2c(OCCCOc3ccc(Cl)cc3)cccc2n1. The minimum absolute atomic E-state index is 0.147. The van der Waals surface area contributed by atoms with Crippen LogP contribution >= 0.6 is 11.6 Å². The first-order chi connectivity index (χ1) is 11.6. The van der Waals surface area contributed by atoms with Gasteiger partial charge in [0.15, 0.2) is 0 Å². The van der Waals surface area contributed by atoms with Crippen molar-refractivity contribution in [3.63, 3.8) is 0 Å². The van der Waals surface area contributed by atoms with Crippen molar-refractivity contribution in [3.8, 4) is 11.5 Å². The fraction of sp³-hybridized carbons (Fsp3) is 0.176. The predicted molar refractivity (Wildman–Crippen MR) is 95.4 cm³/mol. The number of hydrogen-bond acceptors (Lipinski definition) is 6. The Hall–Kier alpha value is -2.73. The molecule has 3 rings (SSSR count). The number of halogens is 1. The molecule has 0 radical (unpaired) electrons. The van der Waals surface area contributed by atoms with Crippen LogP contribution in [0.25, 0.3) is 10.9 Å². The van der Waals surface area contributed by atoms with E-state index in [9.17, 15) is 0 Å². The fourth-order valence-corrected chi connectivity index (χ4v) is 2.41. The van der Waals surface area contributed by atoms with Crippen molar-refractivity contribution >= 4 is 34.3 Å². The van der Waals surface area contributed by atoms with Gasteiger partial charge in [0.1, 0.15) is 17.3 Å². The Balaban J connectivity index is 1.57. The second-order valence-electron chi connectivity index (χ2n) is 5.12. The summed E-state index contributed by atoms with van der Waals surface area (Å²) in [5.74, 6) is 1.87. The average molecular weight is 345 g/mol. The lowest BCUT2D eigenvalue weighted by Crippen LogP contribution is -2.06. The van der Waals surface area contributed by atoms with Crippen LogP contribution in [0.1, 0.15) is 6.42 Å². The average Bonchev–Trinajstić information content (AvgIpc) is 2.55. The molecule has 124 valence electrons. The highest BCUT2D eigenvalue weighted by molar-refractivity contribution is 6.30. The molecule has 3 aromatic rings. The number of ether oxygens (including phenoxy) is 2.